The van der Waals surface area contributed by atoms with Crippen molar-refractivity contribution in [3.63, 3.8) is 0 Å². The summed E-state index contributed by atoms with van der Waals surface area (Å²) in [6.07, 6.45) is 5.71. The highest BCUT2D eigenvalue weighted by molar-refractivity contribution is 5.80. The number of nitrogens with two attached hydrogens (primary N) is 1. The highest BCUT2D eigenvalue weighted by Gasteiger charge is 2.24. The van der Waals surface area contributed by atoms with Crippen LogP contribution in [0.25, 0.3) is 11.2 Å². The molecule has 4 heterocycles. The Morgan fingerprint density at radius 2 is 2.12 bits per heavy atom. The molecular weight excluding hydrogens is 304 g/mol. The van der Waals surface area contributed by atoms with Crippen molar-refractivity contribution in [3.8, 4) is 0 Å². The molecule has 0 unspecified atom stereocenters. The summed E-state index contributed by atoms with van der Waals surface area (Å²) in [7, 11) is 0. The van der Waals surface area contributed by atoms with Gasteiger partial charge in [-0.2, -0.15) is 5.10 Å². The average molecular weight is 326 g/mol. The van der Waals surface area contributed by atoms with Crippen LogP contribution in [0.4, 0.5) is 5.82 Å². The molecule has 0 radical (unpaired) electrons. The summed E-state index contributed by atoms with van der Waals surface area (Å²) in [5.41, 5.74) is 8.52. The quantitative estimate of drug-likeness (QED) is 0.754. The fraction of sp³-hybridized carbons (Fsp3) is 0.500. The van der Waals surface area contributed by atoms with E-state index in [1.54, 1.807) is 6.33 Å². The summed E-state index contributed by atoms with van der Waals surface area (Å²) in [4.78, 5) is 18.7. The summed E-state index contributed by atoms with van der Waals surface area (Å²) in [6, 6.07) is 2.10. The highest BCUT2D eigenvalue weighted by atomic mass is 15.3. The molecule has 3 aromatic heterocycles. The summed E-state index contributed by atoms with van der Waals surface area (Å²) < 4.78 is 1.97. The minimum atomic E-state index is 0.345. The standard InChI is InChI=1S/C16H22N8/c1-2-24-8-5-12(22-24)9-23-6-3-11(4-7-23)15-20-14(17)13-16(21-15)19-10-18-13/h5,8,10-11H,2-4,6-7,9H2,1H3,(H3,17,18,19,20,21). The zero-order valence-corrected chi connectivity index (χ0v) is 13.8. The molecule has 0 bridgehead atoms. The van der Waals surface area contributed by atoms with Crippen LogP contribution in [0.15, 0.2) is 18.6 Å². The monoisotopic (exact) mass is 326 g/mol. The number of anilines is 1. The molecule has 1 saturated heterocycles. The van der Waals surface area contributed by atoms with E-state index in [-0.39, 0.29) is 0 Å². The Morgan fingerprint density at radius 3 is 2.88 bits per heavy atom. The predicted molar refractivity (Wildman–Crippen MR) is 91.2 cm³/mol. The molecule has 0 aliphatic carbocycles. The number of hydrogen-bond donors (Lipinski definition) is 2. The maximum absolute atomic E-state index is 6.01. The number of nitrogens with zero attached hydrogens (tertiary/aromatic N) is 6. The third-order valence-electron chi connectivity index (χ3n) is 4.69. The van der Waals surface area contributed by atoms with Crippen LogP contribution in [0.1, 0.15) is 37.2 Å². The van der Waals surface area contributed by atoms with Gasteiger partial charge in [0.05, 0.1) is 12.0 Å². The van der Waals surface area contributed by atoms with E-state index in [4.69, 9.17) is 5.73 Å². The second-order valence-corrected chi connectivity index (χ2v) is 6.28. The molecule has 0 saturated carbocycles. The molecule has 1 fully saturated rings. The zero-order chi connectivity index (χ0) is 16.5. The number of imidazole rings is 1. The van der Waals surface area contributed by atoms with Gasteiger partial charge in [0.1, 0.15) is 11.3 Å². The Bertz CT molecular complexity index is 828. The molecule has 126 valence electrons. The second kappa shape index (κ2) is 6.20. The van der Waals surface area contributed by atoms with Crippen molar-refractivity contribution in [3.05, 3.63) is 30.1 Å². The van der Waals surface area contributed by atoms with Crippen LogP contribution in [0.2, 0.25) is 0 Å². The van der Waals surface area contributed by atoms with Crippen molar-refractivity contribution in [1.29, 1.82) is 0 Å². The SMILES string of the molecule is CCn1ccc(CN2CCC(c3nc(N)c4[nH]cnc4n3)CC2)n1. The van der Waals surface area contributed by atoms with Gasteiger partial charge in [-0.15, -0.1) is 0 Å². The summed E-state index contributed by atoms with van der Waals surface area (Å²) in [5, 5.41) is 4.56. The van der Waals surface area contributed by atoms with E-state index in [2.05, 4.69) is 42.9 Å². The number of piperidine rings is 1. The van der Waals surface area contributed by atoms with Crippen molar-refractivity contribution in [2.45, 2.75) is 38.8 Å². The normalized spacial score (nSPS) is 16.9. The maximum atomic E-state index is 6.01. The molecule has 4 rings (SSSR count). The van der Waals surface area contributed by atoms with E-state index in [0.29, 0.717) is 17.4 Å². The number of fused-ring (bicyclic) bond motifs is 1. The maximum Gasteiger partial charge on any atom is 0.183 e. The van der Waals surface area contributed by atoms with E-state index in [1.165, 1.54) is 0 Å². The van der Waals surface area contributed by atoms with Crippen molar-refractivity contribution in [2.24, 2.45) is 0 Å². The van der Waals surface area contributed by atoms with Crippen LogP contribution in [-0.2, 0) is 13.1 Å². The number of hydrogen-bond acceptors (Lipinski definition) is 6. The van der Waals surface area contributed by atoms with Crippen LogP contribution in [0.3, 0.4) is 0 Å². The Morgan fingerprint density at radius 1 is 1.29 bits per heavy atom. The molecule has 24 heavy (non-hydrogen) atoms. The number of H-pyrrole nitrogens is 1. The Balaban J connectivity index is 1.41. The molecule has 0 atom stereocenters. The fourth-order valence-corrected chi connectivity index (χ4v) is 3.30. The third-order valence-corrected chi connectivity index (χ3v) is 4.69. The first-order valence-electron chi connectivity index (χ1n) is 8.44. The first-order chi connectivity index (χ1) is 11.7. The number of rotatable bonds is 4. The van der Waals surface area contributed by atoms with Crippen molar-refractivity contribution < 1.29 is 0 Å². The van der Waals surface area contributed by atoms with Gasteiger partial charge in [-0.3, -0.25) is 9.58 Å². The molecule has 1 aliphatic rings. The van der Waals surface area contributed by atoms with Gasteiger partial charge < -0.3 is 10.7 Å². The molecule has 8 nitrogen and oxygen atoms in total. The lowest BCUT2D eigenvalue weighted by Crippen LogP contribution is -2.33. The van der Waals surface area contributed by atoms with Gasteiger partial charge >= 0.3 is 0 Å². The van der Waals surface area contributed by atoms with Gasteiger partial charge in [0.2, 0.25) is 0 Å². The smallest absolute Gasteiger partial charge is 0.183 e. The first kappa shape index (κ1) is 15.1. The van der Waals surface area contributed by atoms with E-state index in [9.17, 15) is 0 Å². The lowest BCUT2D eigenvalue weighted by atomic mass is 9.96. The largest absolute Gasteiger partial charge is 0.382 e. The van der Waals surface area contributed by atoms with E-state index in [1.807, 2.05) is 10.9 Å². The Hall–Kier alpha value is -2.48. The molecule has 0 aromatic carbocycles. The molecule has 1 aliphatic heterocycles. The van der Waals surface area contributed by atoms with Crippen molar-refractivity contribution >= 4 is 17.0 Å². The van der Waals surface area contributed by atoms with Gasteiger partial charge in [-0.05, 0) is 38.9 Å². The summed E-state index contributed by atoms with van der Waals surface area (Å²) in [5.74, 6) is 1.65. The number of likely N-dealkylation sites (tertiary alicyclic amines) is 1. The Kier molecular flexibility index (Phi) is 3.89. The van der Waals surface area contributed by atoms with Gasteiger partial charge in [0.15, 0.2) is 11.5 Å². The zero-order valence-electron chi connectivity index (χ0n) is 13.8. The average Bonchev–Trinajstić information content (AvgIpc) is 3.24. The van der Waals surface area contributed by atoms with Gasteiger partial charge in [0, 0.05) is 25.2 Å². The van der Waals surface area contributed by atoms with Crippen LogP contribution < -0.4 is 5.73 Å². The molecular formula is C16H22N8. The van der Waals surface area contributed by atoms with Crippen molar-refractivity contribution in [2.75, 3.05) is 18.8 Å². The summed E-state index contributed by atoms with van der Waals surface area (Å²) in [6.45, 7) is 5.96. The molecule has 8 heteroatoms. The minimum absolute atomic E-state index is 0.345. The lowest BCUT2D eigenvalue weighted by Gasteiger charge is -2.30. The van der Waals surface area contributed by atoms with E-state index in [0.717, 1.165) is 56.1 Å². The van der Waals surface area contributed by atoms with Crippen LogP contribution in [0.5, 0.6) is 0 Å². The van der Waals surface area contributed by atoms with Gasteiger partial charge in [0.25, 0.3) is 0 Å². The molecule has 3 aromatic rings. The van der Waals surface area contributed by atoms with Crippen LogP contribution >= 0.6 is 0 Å². The summed E-state index contributed by atoms with van der Waals surface area (Å²) >= 11 is 0. The number of aromatic amines is 1. The number of nitrogens with one attached hydrogen (secondary N) is 1. The number of aryl methyl sites for hydroxylation is 1. The van der Waals surface area contributed by atoms with Crippen LogP contribution in [0, 0.1) is 0 Å². The number of aromatic nitrogens is 6. The minimum Gasteiger partial charge on any atom is -0.382 e. The highest BCUT2D eigenvalue weighted by Crippen LogP contribution is 2.28. The third kappa shape index (κ3) is 2.84. The molecule has 0 spiro atoms. The first-order valence-corrected chi connectivity index (χ1v) is 8.44. The second-order valence-electron chi connectivity index (χ2n) is 6.28. The molecule has 3 N–H and O–H groups in total. The number of nitrogen functional groups attached to an aromatic ring is 1. The van der Waals surface area contributed by atoms with Crippen molar-refractivity contribution in [1.82, 2.24) is 34.6 Å². The predicted octanol–water partition coefficient (Wildman–Crippen LogP) is 1.53. The van der Waals surface area contributed by atoms with E-state index >= 15 is 0 Å². The van der Waals surface area contributed by atoms with E-state index < -0.39 is 0 Å². The lowest BCUT2D eigenvalue weighted by molar-refractivity contribution is 0.199. The van der Waals surface area contributed by atoms with Crippen LogP contribution in [-0.4, -0.2) is 47.7 Å². The fourth-order valence-electron chi connectivity index (χ4n) is 3.30. The van der Waals surface area contributed by atoms with Gasteiger partial charge in [-0.25, -0.2) is 15.0 Å². The Labute approximate surface area is 140 Å². The topological polar surface area (TPSA) is 102 Å². The van der Waals surface area contributed by atoms with Gasteiger partial charge in [-0.1, -0.05) is 0 Å². The molecule has 0 amide bonds.